The van der Waals surface area contributed by atoms with Gasteiger partial charge in [0, 0.05) is 11.1 Å². The number of aliphatic carboxylic acids is 1. The molecule has 0 unspecified atom stereocenters. The average Bonchev–Trinajstić information content (AvgIpc) is 2.45. The normalized spacial score (nSPS) is 11.3. The molecule has 0 bridgehead atoms. The summed E-state index contributed by atoms with van der Waals surface area (Å²) in [6.07, 6.45) is -0.0378. The van der Waals surface area contributed by atoms with E-state index >= 15 is 0 Å². The maximum atomic E-state index is 10.6. The fourth-order valence-corrected chi connectivity index (χ4v) is 1.87. The molecule has 0 saturated carbocycles. The molecule has 0 saturated heterocycles. The quantitative estimate of drug-likeness (QED) is 0.820. The highest BCUT2D eigenvalue weighted by atomic mass is 16.4. The molecule has 0 aliphatic heterocycles. The van der Waals surface area contributed by atoms with Gasteiger partial charge in [-0.25, -0.2) is 0 Å². The van der Waals surface area contributed by atoms with Crippen molar-refractivity contribution in [1.29, 1.82) is 0 Å². The number of carboxylic acids is 1. The van der Waals surface area contributed by atoms with Crippen molar-refractivity contribution in [1.82, 2.24) is 0 Å². The van der Waals surface area contributed by atoms with Crippen LogP contribution < -0.4 is 0 Å². The smallest absolute Gasteiger partial charge is 0.305 e. The van der Waals surface area contributed by atoms with Gasteiger partial charge in [-0.3, -0.25) is 9.79 Å². The third kappa shape index (κ3) is 3.45. The van der Waals surface area contributed by atoms with Gasteiger partial charge in [0.15, 0.2) is 0 Å². The van der Waals surface area contributed by atoms with Crippen molar-refractivity contribution in [3.8, 4) is 5.75 Å². The third-order valence-electron chi connectivity index (χ3n) is 2.80. The van der Waals surface area contributed by atoms with Crippen molar-refractivity contribution in [3.63, 3.8) is 0 Å². The molecule has 20 heavy (non-hydrogen) atoms. The Bertz CT molecular complexity index is 621. The molecule has 0 radical (unpaired) electrons. The molecule has 102 valence electrons. The molecule has 2 aromatic carbocycles. The van der Waals surface area contributed by atoms with Gasteiger partial charge in [0.05, 0.1) is 18.7 Å². The number of aliphatic imine (C=N–C) groups is 1. The molecular weight excluding hydrogens is 254 g/mol. The van der Waals surface area contributed by atoms with Crippen molar-refractivity contribution in [2.45, 2.75) is 6.42 Å². The summed E-state index contributed by atoms with van der Waals surface area (Å²) in [6.45, 7) is 0.174. The number of hydrogen-bond acceptors (Lipinski definition) is 3. The molecule has 0 spiro atoms. The fourth-order valence-electron chi connectivity index (χ4n) is 1.87. The molecule has 2 aromatic rings. The van der Waals surface area contributed by atoms with Crippen LogP contribution in [0.5, 0.6) is 5.75 Å². The van der Waals surface area contributed by atoms with Gasteiger partial charge >= 0.3 is 5.97 Å². The van der Waals surface area contributed by atoms with E-state index in [4.69, 9.17) is 5.11 Å². The van der Waals surface area contributed by atoms with Gasteiger partial charge in [-0.1, -0.05) is 42.5 Å². The van der Waals surface area contributed by atoms with Crippen LogP contribution in [0.15, 0.2) is 59.6 Å². The van der Waals surface area contributed by atoms with Crippen LogP contribution in [0.25, 0.3) is 0 Å². The number of carbonyl (C=O) groups is 1. The molecule has 0 atom stereocenters. The van der Waals surface area contributed by atoms with Crippen LogP contribution in [0.1, 0.15) is 17.5 Å². The maximum absolute atomic E-state index is 10.6. The largest absolute Gasteiger partial charge is 0.507 e. The summed E-state index contributed by atoms with van der Waals surface area (Å²) >= 11 is 0. The van der Waals surface area contributed by atoms with Crippen LogP contribution >= 0.6 is 0 Å². The van der Waals surface area contributed by atoms with Crippen molar-refractivity contribution in [2.75, 3.05) is 6.54 Å². The highest BCUT2D eigenvalue weighted by Crippen LogP contribution is 2.20. The van der Waals surface area contributed by atoms with E-state index in [1.807, 2.05) is 36.4 Å². The molecule has 2 rings (SSSR count). The van der Waals surface area contributed by atoms with E-state index in [1.165, 1.54) is 0 Å². The molecule has 0 amide bonds. The van der Waals surface area contributed by atoms with Crippen molar-refractivity contribution in [2.24, 2.45) is 4.99 Å². The predicted molar refractivity (Wildman–Crippen MR) is 77.3 cm³/mol. The van der Waals surface area contributed by atoms with Crippen LogP contribution in [0, 0.1) is 0 Å². The highest BCUT2D eigenvalue weighted by molar-refractivity contribution is 6.14. The molecule has 0 aliphatic rings. The fraction of sp³-hybridized carbons (Fsp3) is 0.125. The molecule has 4 heteroatoms. The number of phenols is 1. The summed E-state index contributed by atoms with van der Waals surface area (Å²) in [4.78, 5) is 14.9. The van der Waals surface area contributed by atoms with Crippen molar-refractivity contribution in [3.05, 3.63) is 65.7 Å². The van der Waals surface area contributed by atoms with Crippen LogP contribution in [0.2, 0.25) is 0 Å². The standard InChI is InChI=1S/C16H15NO3/c18-14-9-5-4-8-13(14)16(17-11-10-15(19)20)12-6-2-1-3-7-12/h1-9,18H,10-11H2,(H,19,20). The summed E-state index contributed by atoms with van der Waals surface area (Å²) in [5, 5.41) is 18.7. The van der Waals surface area contributed by atoms with E-state index < -0.39 is 5.97 Å². The summed E-state index contributed by atoms with van der Waals surface area (Å²) in [5.74, 6) is -0.760. The summed E-state index contributed by atoms with van der Waals surface area (Å²) in [7, 11) is 0. The average molecular weight is 269 g/mol. The van der Waals surface area contributed by atoms with E-state index in [0.29, 0.717) is 11.3 Å². The highest BCUT2D eigenvalue weighted by Gasteiger charge is 2.10. The lowest BCUT2D eigenvalue weighted by atomic mass is 10.0. The van der Waals surface area contributed by atoms with E-state index in [-0.39, 0.29) is 18.7 Å². The second-order valence-corrected chi connectivity index (χ2v) is 4.26. The van der Waals surface area contributed by atoms with Crippen LogP contribution in [-0.4, -0.2) is 28.4 Å². The van der Waals surface area contributed by atoms with Gasteiger partial charge in [0.25, 0.3) is 0 Å². The number of hydrogen-bond donors (Lipinski definition) is 2. The van der Waals surface area contributed by atoms with E-state index in [2.05, 4.69) is 4.99 Å². The Hall–Kier alpha value is -2.62. The van der Waals surface area contributed by atoms with E-state index in [9.17, 15) is 9.90 Å². The summed E-state index contributed by atoms with van der Waals surface area (Å²) in [6, 6.07) is 16.3. The zero-order valence-electron chi connectivity index (χ0n) is 10.9. The number of carboxylic acid groups (broad SMARTS) is 1. The molecule has 0 heterocycles. The molecule has 2 N–H and O–H groups in total. The minimum atomic E-state index is -0.890. The maximum Gasteiger partial charge on any atom is 0.305 e. The second-order valence-electron chi connectivity index (χ2n) is 4.26. The number of rotatable bonds is 5. The lowest BCUT2D eigenvalue weighted by molar-refractivity contribution is -0.136. The van der Waals surface area contributed by atoms with Crippen molar-refractivity contribution >= 4 is 11.7 Å². The predicted octanol–water partition coefficient (Wildman–Crippen LogP) is 2.70. The van der Waals surface area contributed by atoms with E-state index in [1.54, 1.807) is 18.2 Å². The molecule has 0 aliphatic carbocycles. The first-order valence-electron chi connectivity index (χ1n) is 6.28. The molecule has 0 aromatic heterocycles. The van der Waals surface area contributed by atoms with Gasteiger partial charge in [-0.15, -0.1) is 0 Å². The van der Waals surface area contributed by atoms with Gasteiger partial charge < -0.3 is 10.2 Å². The Labute approximate surface area is 117 Å². The van der Waals surface area contributed by atoms with Gasteiger partial charge in [0.2, 0.25) is 0 Å². The first-order chi connectivity index (χ1) is 9.68. The van der Waals surface area contributed by atoms with Crippen LogP contribution in [-0.2, 0) is 4.79 Å². The second kappa shape index (κ2) is 6.52. The van der Waals surface area contributed by atoms with Crippen molar-refractivity contribution < 1.29 is 15.0 Å². The number of aromatic hydroxyl groups is 1. The number of para-hydroxylation sites is 1. The van der Waals surface area contributed by atoms with Gasteiger partial charge in [-0.2, -0.15) is 0 Å². The SMILES string of the molecule is O=C(O)CCN=C(c1ccccc1)c1ccccc1O. The lowest BCUT2D eigenvalue weighted by Gasteiger charge is -2.09. The number of nitrogens with zero attached hydrogens (tertiary/aromatic N) is 1. The van der Waals surface area contributed by atoms with Crippen LogP contribution in [0.3, 0.4) is 0 Å². The molecule has 4 nitrogen and oxygen atoms in total. The molecule has 0 fully saturated rings. The number of benzene rings is 2. The Morgan fingerprint density at radius 3 is 2.30 bits per heavy atom. The molecular formula is C16H15NO3. The van der Waals surface area contributed by atoms with Gasteiger partial charge in [-0.05, 0) is 12.1 Å². The topological polar surface area (TPSA) is 69.9 Å². The zero-order valence-corrected chi connectivity index (χ0v) is 10.9. The minimum absolute atomic E-state index is 0.0378. The first-order valence-corrected chi connectivity index (χ1v) is 6.28. The third-order valence-corrected chi connectivity index (χ3v) is 2.80. The Balaban J connectivity index is 2.40. The Morgan fingerprint density at radius 1 is 1.00 bits per heavy atom. The summed E-state index contributed by atoms with van der Waals surface area (Å²) < 4.78 is 0. The zero-order chi connectivity index (χ0) is 14.4. The minimum Gasteiger partial charge on any atom is -0.507 e. The number of phenolic OH excluding ortho intramolecular Hbond substituents is 1. The van der Waals surface area contributed by atoms with Crippen LogP contribution in [0.4, 0.5) is 0 Å². The Kier molecular flexibility index (Phi) is 4.50. The Morgan fingerprint density at radius 2 is 1.65 bits per heavy atom. The first kappa shape index (κ1) is 13.8. The summed E-state index contributed by atoms with van der Waals surface area (Å²) in [5.41, 5.74) is 2.05. The monoisotopic (exact) mass is 269 g/mol. The van der Waals surface area contributed by atoms with E-state index in [0.717, 1.165) is 5.56 Å². The lowest BCUT2D eigenvalue weighted by Crippen LogP contribution is -2.06. The van der Waals surface area contributed by atoms with Gasteiger partial charge in [0.1, 0.15) is 5.75 Å².